The maximum Gasteiger partial charge on any atom is 0.286 e. The van der Waals surface area contributed by atoms with Crippen molar-refractivity contribution >= 4 is 44.6 Å². The lowest BCUT2D eigenvalue weighted by Crippen LogP contribution is -2.38. The third-order valence-corrected chi connectivity index (χ3v) is 8.85. The topological polar surface area (TPSA) is 92.3 Å². The van der Waals surface area contributed by atoms with Crippen molar-refractivity contribution in [1.29, 1.82) is 0 Å². The van der Waals surface area contributed by atoms with Crippen LogP contribution in [0, 0.1) is 13.8 Å². The SMILES string of the molecule is Cc1ccc(S(=O)(=O)N2CCC(c3nnc(C(=O)Nc4cccc(Cl)c4)s3)CC2)c(C)c1. The zero-order valence-electron chi connectivity index (χ0n) is 17.7. The van der Waals surface area contributed by atoms with Gasteiger partial charge in [-0.2, -0.15) is 4.31 Å². The monoisotopic (exact) mass is 490 g/mol. The van der Waals surface area contributed by atoms with Gasteiger partial charge in [-0.15, -0.1) is 10.2 Å². The summed E-state index contributed by atoms with van der Waals surface area (Å²) in [6.45, 7) is 4.58. The summed E-state index contributed by atoms with van der Waals surface area (Å²) >= 11 is 7.20. The van der Waals surface area contributed by atoms with E-state index in [1.54, 1.807) is 30.3 Å². The van der Waals surface area contributed by atoms with Crippen molar-refractivity contribution in [2.45, 2.75) is 37.5 Å². The van der Waals surface area contributed by atoms with Crippen LogP contribution in [-0.4, -0.2) is 41.9 Å². The van der Waals surface area contributed by atoms with Crippen molar-refractivity contribution in [2.75, 3.05) is 18.4 Å². The van der Waals surface area contributed by atoms with E-state index in [2.05, 4.69) is 15.5 Å². The van der Waals surface area contributed by atoms with Crippen LogP contribution in [0.4, 0.5) is 5.69 Å². The van der Waals surface area contributed by atoms with Crippen LogP contribution < -0.4 is 5.32 Å². The Morgan fingerprint density at radius 3 is 2.56 bits per heavy atom. The van der Waals surface area contributed by atoms with E-state index >= 15 is 0 Å². The lowest BCUT2D eigenvalue weighted by atomic mass is 9.99. The minimum Gasteiger partial charge on any atom is -0.320 e. The lowest BCUT2D eigenvalue weighted by Gasteiger charge is -2.30. The minimum absolute atomic E-state index is 0.0748. The number of aromatic nitrogens is 2. The van der Waals surface area contributed by atoms with E-state index in [-0.39, 0.29) is 16.8 Å². The quantitative estimate of drug-likeness (QED) is 0.563. The molecule has 1 amide bonds. The Kier molecular flexibility index (Phi) is 6.62. The molecular weight excluding hydrogens is 468 g/mol. The van der Waals surface area contributed by atoms with Crippen LogP contribution >= 0.6 is 22.9 Å². The number of anilines is 1. The highest BCUT2D eigenvalue weighted by Gasteiger charge is 2.32. The van der Waals surface area contributed by atoms with Gasteiger partial charge in [-0.3, -0.25) is 4.79 Å². The van der Waals surface area contributed by atoms with Gasteiger partial charge in [-0.25, -0.2) is 8.42 Å². The van der Waals surface area contributed by atoms with Gasteiger partial charge in [0.15, 0.2) is 0 Å². The molecule has 1 aliphatic heterocycles. The van der Waals surface area contributed by atoms with Crippen LogP contribution in [0.15, 0.2) is 47.4 Å². The average molecular weight is 491 g/mol. The number of amides is 1. The molecule has 0 spiro atoms. The van der Waals surface area contributed by atoms with E-state index in [0.717, 1.165) is 16.1 Å². The van der Waals surface area contributed by atoms with Crippen molar-refractivity contribution in [3.8, 4) is 0 Å². The maximum absolute atomic E-state index is 13.1. The molecule has 32 heavy (non-hydrogen) atoms. The van der Waals surface area contributed by atoms with E-state index in [4.69, 9.17) is 11.6 Å². The fourth-order valence-corrected chi connectivity index (χ4v) is 6.59. The van der Waals surface area contributed by atoms with Gasteiger partial charge in [0.05, 0.1) is 4.90 Å². The van der Waals surface area contributed by atoms with Gasteiger partial charge >= 0.3 is 0 Å². The molecule has 0 saturated carbocycles. The second-order valence-corrected chi connectivity index (χ2v) is 11.2. The first-order valence-electron chi connectivity index (χ1n) is 10.2. The summed E-state index contributed by atoms with van der Waals surface area (Å²) in [5.41, 5.74) is 2.38. The molecule has 10 heteroatoms. The lowest BCUT2D eigenvalue weighted by molar-refractivity contribution is 0.102. The van der Waals surface area contributed by atoms with E-state index in [1.807, 2.05) is 26.0 Å². The molecule has 0 bridgehead atoms. The molecule has 3 aromatic rings. The van der Waals surface area contributed by atoms with E-state index in [0.29, 0.717) is 41.5 Å². The van der Waals surface area contributed by atoms with Crippen molar-refractivity contribution in [3.63, 3.8) is 0 Å². The second-order valence-electron chi connectivity index (χ2n) is 7.86. The number of carbonyl (C=O) groups excluding carboxylic acids is 1. The van der Waals surface area contributed by atoms with Crippen LogP contribution in [-0.2, 0) is 10.0 Å². The number of nitrogens with zero attached hydrogens (tertiary/aromatic N) is 3. The standard InChI is InChI=1S/C22H23ClN4O3S2/c1-14-6-7-19(15(2)12-14)32(29,30)27-10-8-16(9-11-27)21-25-26-22(31-21)20(28)24-18-5-3-4-17(23)13-18/h3-7,12-13,16H,8-11H2,1-2H3,(H,24,28). The summed E-state index contributed by atoms with van der Waals surface area (Å²) in [6.07, 6.45) is 1.27. The summed E-state index contributed by atoms with van der Waals surface area (Å²) in [7, 11) is -3.54. The van der Waals surface area contributed by atoms with Crippen LogP contribution in [0.5, 0.6) is 0 Å². The molecular formula is C22H23ClN4O3S2. The molecule has 0 aliphatic carbocycles. The molecule has 0 unspecified atom stereocenters. The first kappa shape index (κ1) is 22.8. The molecule has 0 radical (unpaired) electrons. The molecule has 2 aromatic carbocycles. The Morgan fingerprint density at radius 2 is 1.88 bits per heavy atom. The number of rotatable bonds is 5. The molecule has 0 atom stereocenters. The summed E-state index contributed by atoms with van der Waals surface area (Å²) in [5, 5.41) is 12.6. The number of hydrogen-bond donors (Lipinski definition) is 1. The molecule has 1 aliphatic rings. The summed E-state index contributed by atoms with van der Waals surface area (Å²) in [6, 6.07) is 12.3. The van der Waals surface area contributed by atoms with E-state index in [9.17, 15) is 13.2 Å². The van der Waals surface area contributed by atoms with E-state index in [1.165, 1.54) is 15.6 Å². The Balaban J connectivity index is 1.40. The Morgan fingerprint density at radius 1 is 1.12 bits per heavy atom. The Hall–Kier alpha value is -2.33. The largest absolute Gasteiger partial charge is 0.320 e. The van der Waals surface area contributed by atoms with Gasteiger partial charge in [-0.1, -0.05) is 46.7 Å². The van der Waals surface area contributed by atoms with E-state index < -0.39 is 10.0 Å². The highest BCUT2D eigenvalue weighted by molar-refractivity contribution is 7.89. The molecule has 4 rings (SSSR count). The molecule has 7 nitrogen and oxygen atoms in total. The Bertz CT molecular complexity index is 1250. The third kappa shape index (κ3) is 4.85. The highest BCUT2D eigenvalue weighted by Crippen LogP contribution is 2.33. The van der Waals surface area contributed by atoms with Crippen molar-refractivity contribution < 1.29 is 13.2 Å². The summed E-state index contributed by atoms with van der Waals surface area (Å²) in [4.78, 5) is 12.8. The van der Waals surface area contributed by atoms with Gasteiger partial charge in [0.2, 0.25) is 15.0 Å². The zero-order chi connectivity index (χ0) is 22.9. The number of halogens is 1. The second kappa shape index (κ2) is 9.27. The molecule has 2 heterocycles. The van der Waals surface area contributed by atoms with Crippen LogP contribution in [0.25, 0.3) is 0 Å². The van der Waals surface area contributed by atoms with Crippen LogP contribution in [0.1, 0.15) is 44.7 Å². The third-order valence-electron chi connectivity index (χ3n) is 5.47. The first-order chi connectivity index (χ1) is 15.2. The van der Waals surface area contributed by atoms with Gasteiger partial charge in [-0.05, 0) is 56.5 Å². The Labute approximate surface area is 196 Å². The number of nitrogens with one attached hydrogen (secondary N) is 1. The van der Waals surface area contributed by atoms with Crippen molar-refractivity contribution in [3.05, 3.63) is 68.6 Å². The zero-order valence-corrected chi connectivity index (χ0v) is 20.1. The molecule has 1 fully saturated rings. The number of sulfonamides is 1. The van der Waals surface area contributed by atoms with Crippen molar-refractivity contribution in [2.24, 2.45) is 0 Å². The predicted molar refractivity (Wildman–Crippen MR) is 126 cm³/mol. The minimum atomic E-state index is -3.54. The predicted octanol–water partition coefficient (Wildman–Crippen LogP) is 4.63. The number of benzene rings is 2. The van der Waals surface area contributed by atoms with Gasteiger partial charge < -0.3 is 5.32 Å². The van der Waals surface area contributed by atoms with Gasteiger partial charge in [0.25, 0.3) is 5.91 Å². The summed E-state index contributed by atoms with van der Waals surface area (Å²) in [5.74, 6) is -0.267. The molecule has 1 aromatic heterocycles. The van der Waals surface area contributed by atoms with Gasteiger partial charge in [0, 0.05) is 29.7 Å². The molecule has 168 valence electrons. The average Bonchev–Trinajstić information content (AvgIpc) is 3.24. The summed E-state index contributed by atoms with van der Waals surface area (Å²) < 4.78 is 27.7. The number of hydrogen-bond acceptors (Lipinski definition) is 6. The fourth-order valence-electron chi connectivity index (χ4n) is 3.81. The maximum atomic E-state index is 13.1. The molecule has 1 saturated heterocycles. The van der Waals surface area contributed by atoms with Crippen molar-refractivity contribution in [1.82, 2.24) is 14.5 Å². The van der Waals surface area contributed by atoms with Gasteiger partial charge in [0.1, 0.15) is 5.01 Å². The van der Waals surface area contributed by atoms with Crippen LogP contribution in [0.2, 0.25) is 5.02 Å². The molecule has 1 N–H and O–H groups in total. The first-order valence-corrected chi connectivity index (χ1v) is 12.9. The normalized spacial score (nSPS) is 15.6. The number of piperidine rings is 1. The number of aryl methyl sites for hydroxylation is 2. The fraction of sp³-hybridized carbons (Fsp3) is 0.318. The van der Waals surface area contributed by atoms with Crippen LogP contribution in [0.3, 0.4) is 0 Å². The number of carbonyl (C=O) groups is 1. The highest BCUT2D eigenvalue weighted by atomic mass is 35.5. The smallest absolute Gasteiger partial charge is 0.286 e.